The van der Waals surface area contributed by atoms with E-state index in [4.69, 9.17) is 5.21 Å². The molecule has 1 rings (SSSR count). The zero-order chi connectivity index (χ0) is 10.7. The molecular formula is C8H9FN2O3. The van der Waals surface area contributed by atoms with Gasteiger partial charge in [0.1, 0.15) is 5.82 Å². The van der Waals surface area contributed by atoms with Gasteiger partial charge in [-0.25, -0.2) is 4.39 Å². The summed E-state index contributed by atoms with van der Waals surface area (Å²) in [6.45, 7) is 1.49. The Labute approximate surface area is 79.3 Å². The molecule has 76 valence electrons. The number of benzene rings is 1. The molecule has 0 unspecified atom stereocenters. The number of halogens is 1. The van der Waals surface area contributed by atoms with Crippen molar-refractivity contribution in [2.24, 2.45) is 0 Å². The smallest absolute Gasteiger partial charge is 0.274 e. The Morgan fingerprint density at radius 3 is 2.79 bits per heavy atom. The van der Waals surface area contributed by atoms with E-state index in [0.717, 1.165) is 18.2 Å². The third-order valence-electron chi connectivity index (χ3n) is 1.85. The Bertz CT molecular complexity index is 356. The van der Waals surface area contributed by atoms with Gasteiger partial charge < -0.3 is 5.21 Å². The maximum atomic E-state index is 12.8. The molecule has 0 aromatic heterocycles. The number of nitro benzene ring substituents is 1. The predicted octanol–water partition coefficient (Wildman–Crippen LogP) is 1.77. The topological polar surface area (TPSA) is 75.4 Å². The van der Waals surface area contributed by atoms with Crippen LogP contribution in [0.4, 0.5) is 10.1 Å². The molecule has 0 heterocycles. The van der Waals surface area contributed by atoms with Crippen LogP contribution in [0.5, 0.6) is 0 Å². The van der Waals surface area contributed by atoms with Gasteiger partial charge in [-0.2, -0.15) is 5.48 Å². The van der Waals surface area contributed by atoms with E-state index in [-0.39, 0.29) is 11.3 Å². The normalized spacial score (nSPS) is 12.5. The van der Waals surface area contributed by atoms with Crippen molar-refractivity contribution in [3.63, 3.8) is 0 Å². The number of hydrogen-bond acceptors (Lipinski definition) is 4. The minimum Gasteiger partial charge on any atom is -0.316 e. The average molecular weight is 200 g/mol. The molecule has 14 heavy (non-hydrogen) atoms. The monoisotopic (exact) mass is 200 g/mol. The standard InChI is InChI=1S/C8H9FN2O3/c1-5(10-12)7-4-6(9)2-3-8(7)11(13)14/h2-5,10,12H,1H3/t5-/m1/s1. The highest BCUT2D eigenvalue weighted by Gasteiger charge is 2.18. The summed E-state index contributed by atoms with van der Waals surface area (Å²) in [7, 11) is 0. The predicted molar refractivity (Wildman–Crippen MR) is 46.4 cm³/mol. The third kappa shape index (κ3) is 2.04. The van der Waals surface area contributed by atoms with Crippen LogP contribution in [0.2, 0.25) is 0 Å². The molecule has 1 aromatic rings. The molecule has 0 aliphatic heterocycles. The van der Waals surface area contributed by atoms with Crippen molar-refractivity contribution >= 4 is 5.69 Å². The number of nitrogens with one attached hydrogen (secondary N) is 1. The summed E-state index contributed by atoms with van der Waals surface area (Å²) in [6.07, 6.45) is 0. The highest BCUT2D eigenvalue weighted by molar-refractivity contribution is 5.42. The Morgan fingerprint density at radius 1 is 1.64 bits per heavy atom. The molecule has 0 aliphatic carbocycles. The largest absolute Gasteiger partial charge is 0.316 e. The fourth-order valence-electron chi connectivity index (χ4n) is 1.11. The number of hydroxylamine groups is 1. The van der Waals surface area contributed by atoms with Gasteiger partial charge in [-0.3, -0.25) is 10.1 Å². The second kappa shape index (κ2) is 4.12. The first-order valence-corrected chi connectivity index (χ1v) is 3.89. The SMILES string of the molecule is C[C@@H](NO)c1cc(F)ccc1[N+](=O)[O-]. The van der Waals surface area contributed by atoms with E-state index in [1.807, 2.05) is 5.48 Å². The van der Waals surface area contributed by atoms with E-state index < -0.39 is 16.8 Å². The molecular weight excluding hydrogens is 191 g/mol. The van der Waals surface area contributed by atoms with Crippen LogP contribution in [0.1, 0.15) is 18.5 Å². The van der Waals surface area contributed by atoms with E-state index >= 15 is 0 Å². The van der Waals surface area contributed by atoms with E-state index in [1.165, 1.54) is 6.92 Å². The molecule has 6 heteroatoms. The number of hydrogen-bond donors (Lipinski definition) is 2. The maximum Gasteiger partial charge on any atom is 0.274 e. The van der Waals surface area contributed by atoms with Crippen LogP contribution in [-0.2, 0) is 0 Å². The molecule has 1 atom stereocenters. The van der Waals surface area contributed by atoms with Gasteiger partial charge in [0.05, 0.1) is 16.5 Å². The molecule has 0 radical (unpaired) electrons. The zero-order valence-electron chi connectivity index (χ0n) is 7.40. The summed E-state index contributed by atoms with van der Waals surface area (Å²) < 4.78 is 12.8. The molecule has 0 fully saturated rings. The molecule has 5 nitrogen and oxygen atoms in total. The van der Waals surface area contributed by atoms with E-state index in [2.05, 4.69) is 0 Å². The Kier molecular flexibility index (Phi) is 3.10. The van der Waals surface area contributed by atoms with Gasteiger partial charge in [-0.1, -0.05) is 0 Å². The zero-order valence-corrected chi connectivity index (χ0v) is 7.40. The second-order valence-electron chi connectivity index (χ2n) is 2.81. The van der Waals surface area contributed by atoms with E-state index in [1.54, 1.807) is 0 Å². The lowest BCUT2D eigenvalue weighted by Gasteiger charge is -2.09. The van der Waals surface area contributed by atoms with E-state index in [9.17, 15) is 14.5 Å². The fraction of sp³-hybridized carbons (Fsp3) is 0.250. The maximum absolute atomic E-state index is 12.8. The highest BCUT2D eigenvalue weighted by Crippen LogP contribution is 2.25. The Balaban J connectivity index is 3.22. The van der Waals surface area contributed by atoms with Crippen LogP contribution in [0.3, 0.4) is 0 Å². The van der Waals surface area contributed by atoms with Crippen LogP contribution < -0.4 is 5.48 Å². The molecule has 0 amide bonds. The minimum atomic E-state index is -0.689. The van der Waals surface area contributed by atoms with Gasteiger partial charge >= 0.3 is 0 Å². The van der Waals surface area contributed by atoms with Crippen LogP contribution in [0.15, 0.2) is 18.2 Å². The summed E-state index contributed by atoms with van der Waals surface area (Å²) in [5, 5.41) is 19.1. The lowest BCUT2D eigenvalue weighted by atomic mass is 10.1. The average Bonchev–Trinajstić information content (AvgIpc) is 2.16. The van der Waals surface area contributed by atoms with Crippen molar-refractivity contribution in [1.82, 2.24) is 5.48 Å². The molecule has 0 aliphatic rings. The highest BCUT2D eigenvalue weighted by atomic mass is 19.1. The minimum absolute atomic E-state index is 0.109. The van der Waals surface area contributed by atoms with Gasteiger partial charge in [0.2, 0.25) is 0 Å². The summed E-state index contributed by atoms with van der Waals surface area (Å²) in [4.78, 5) is 9.90. The number of nitro groups is 1. The summed E-state index contributed by atoms with van der Waals surface area (Å²) in [5.74, 6) is -0.576. The van der Waals surface area contributed by atoms with Crippen molar-refractivity contribution in [2.75, 3.05) is 0 Å². The molecule has 0 bridgehead atoms. The van der Waals surface area contributed by atoms with Crippen molar-refractivity contribution in [2.45, 2.75) is 13.0 Å². The van der Waals surface area contributed by atoms with Crippen LogP contribution in [-0.4, -0.2) is 10.1 Å². The van der Waals surface area contributed by atoms with E-state index in [0.29, 0.717) is 0 Å². The van der Waals surface area contributed by atoms with Crippen LogP contribution in [0, 0.1) is 15.9 Å². The Morgan fingerprint density at radius 2 is 2.29 bits per heavy atom. The third-order valence-corrected chi connectivity index (χ3v) is 1.85. The lowest BCUT2D eigenvalue weighted by Crippen LogP contribution is -2.15. The van der Waals surface area contributed by atoms with Crippen LogP contribution in [0.25, 0.3) is 0 Å². The summed E-state index contributed by atoms with van der Waals surface area (Å²) in [6, 6.07) is 2.40. The van der Waals surface area contributed by atoms with Crippen molar-refractivity contribution < 1.29 is 14.5 Å². The first kappa shape index (κ1) is 10.6. The van der Waals surface area contributed by atoms with Gasteiger partial charge in [-0.05, 0) is 19.1 Å². The Hall–Kier alpha value is -1.53. The first-order chi connectivity index (χ1) is 6.56. The van der Waals surface area contributed by atoms with Gasteiger partial charge in [0, 0.05) is 6.07 Å². The molecule has 0 saturated carbocycles. The fourth-order valence-corrected chi connectivity index (χ4v) is 1.11. The van der Waals surface area contributed by atoms with Gasteiger partial charge in [0.25, 0.3) is 5.69 Å². The number of rotatable bonds is 3. The number of nitrogens with zero attached hydrogens (tertiary/aromatic N) is 1. The molecule has 0 spiro atoms. The quantitative estimate of drug-likeness (QED) is 0.576. The lowest BCUT2D eigenvalue weighted by molar-refractivity contribution is -0.385. The van der Waals surface area contributed by atoms with Crippen molar-refractivity contribution in [1.29, 1.82) is 0 Å². The van der Waals surface area contributed by atoms with Crippen molar-refractivity contribution in [3.05, 3.63) is 39.7 Å². The van der Waals surface area contributed by atoms with Gasteiger partial charge in [0.15, 0.2) is 0 Å². The first-order valence-electron chi connectivity index (χ1n) is 3.89. The second-order valence-corrected chi connectivity index (χ2v) is 2.81. The molecule has 1 aromatic carbocycles. The molecule has 0 saturated heterocycles. The van der Waals surface area contributed by atoms with Crippen molar-refractivity contribution in [3.8, 4) is 0 Å². The van der Waals surface area contributed by atoms with Crippen LogP contribution >= 0.6 is 0 Å². The summed E-state index contributed by atoms with van der Waals surface area (Å²) in [5.41, 5.74) is 1.72. The summed E-state index contributed by atoms with van der Waals surface area (Å²) >= 11 is 0. The molecule has 2 N–H and O–H groups in total. The van der Waals surface area contributed by atoms with Gasteiger partial charge in [-0.15, -0.1) is 0 Å².